The topological polar surface area (TPSA) is 44.3 Å². The van der Waals surface area contributed by atoms with E-state index in [0.717, 1.165) is 49.6 Å². The van der Waals surface area contributed by atoms with Crippen LogP contribution in [-0.2, 0) is 0 Å². The largest absolute Gasteiger partial charge is 0.355 e. The van der Waals surface area contributed by atoms with Crippen LogP contribution < -0.4 is 10.2 Å². The van der Waals surface area contributed by atoms with Crippen molar-refractivity contribution < 1.29 is 0 Å². The van der Waals surface area contributed by atoms with Crippen molar-refractivity contribution in [2.45, 2.75) is 51.6 Å². The minimum atomic E-state index is 0.680. The molecule has 5 heteroatoms. The van der Waals surface area contributed by atoms with Gasteiger partial charge in [-0.05, 0) is 39.7 Å². The zero-order valence-electron chi connectivity index (χ0n) is 13.5. The molecule has 0 radical (unpaired) electrons. The summed E-state index contributed by atoms with van der Waals surface area (Å²) in [6.45, 7) is 7.34. The molecule has 21 heavy (non-hydrogen) atoms. The van der Waals surface area contributed by atoms with E-state index in [0.29, 0.717) is 6.04 Å². The summed E-state index contributed by atoms with van der Waals surface area (Å²) in [6, 6.07) is 3.57. The molecule has 2 aliphatic rings. The monoisotopic (exact) mass is 289 g/mol. The fourth-order valence-corrected chi connectivity index (χ4v) is 3.55. The van der Waals surface area contributed by atoms with Gasteiger partial charge in [-0.3, -0.25) is 4.90 Å². The molecule has 0 saturated carbocycles. The summed E-state index contributed by atoms with van der Waals surface area (Å²) in [4.78, 5) is 14.2. The first-order valence-corrected chi connectivity index (χ1v) is 8.24. The summed E-state index contributed by atoms with van der Waals surface area (Å²) in [5.74, 6) is 1.86. The molecular weight excluding hydrogens is 262 g/mol. The molecule has 3 heterocycles. The lowest BCUT2D eigenvalue weighted by Gasteiger charge is -2.27. The van der Waals surface area contributed by atoms with Gasteiger partial charge >= 0.3 is 0 Å². The number of rotatable bonds is 4. The Kier molecular flexibility index (Phi) is 4.29. The number of nitrogens with zero attached hydrogens (tertiary/aromatic N) is 4. The summed E-state index contributed by atoms with van der Waals surface area (Å²) < 4.78 is 0. The van der Waals surface area contributed by atoms with Gasteiger partial charge in [0.1, 0.15) is 5.82 Å². The summed E-state index contributed by atoms with van der Waals surface area (Å²) in [5.41, 5.74) is 1.04. The molecular formula is C16H27N5. The van der Waals surface area contributed by atoms with Gasteiger partial charge in [-0.2, -0.15) is 4.98 Å². The number of likely N-dealkylation sites (N-methyl/N-ethyl adjacent to an activating group) is 1. The quantitative estimate of drug-likeness (QED) is 0.921. The summed E-state index contributed by atoms with van der Waals surface area (Å²) >= 11 is 0. The highest BCUT2D eigenvalue weighted by Crippen LogP contribution is 2.30. The predicted octanol–water partition coefficient (Wildman–Crippen LogP) is 2.28. The van der Waals surface area contributed by atoms with Gasteiger partial charge in [0.25, 0.3) is 0 Å². The van der Waals surface area contributed by atoms with Crippen molar-refractivity contribution in [1.29, 1.82) is 0 Å². The van der Waals surface area contributed by atoms with Gasteiger partial charge in [0.2, 0.25) is 5.95 Å². The summed E-state index contributed by atoms with van der Waals surface area (Å²) in [5, 5.41) is 3.31. The van der Waals surface area contributed by atoms with Crippen molar-refractivity contribution >= 4 is 11.8 Å². The first-order valence-electron chi connectivity index (χ1n) is 8.24. The summed E-state index contributed by atoms with van der Waals surface area (Å²) in [6.07, 6.45) is 5.02. The number of anilines is 2. The average molecular weight is 289 g/mol. The zero-order valence-corrected chi connectivity index (χ0v) is 13.5. The van der Waals surface area contributed by atoms with Crippen LogP contribution in [0, 0.1) is 6.92 Å². The van der Waals surface area contributed by atoms with Crippen molar-refractivity contribution in [2.75, 3.05) is 36.9 Å². The second kappa shape index (κ2) is 6.18. The highest BCUT2D eigenvalue weighted by molar-refractivity contribution is 5.45. The molecule has 0 amide bonds. The molecule has 1 aromatic rings. The molecule has 2 aliphatic heterocycles. The third kappa shape index (κ3) is 3.12. The standard InChI is InChI=1S/C16H27N5/c1-4-8-17-16-18-12(2)10-15(19-16)21-9-7-13-5-6-14(11-21)20(13)3/h10,13-14H,4-9,11H2,1-3H3,(H,17,18,19). The Morgan fingerprint density at radius 1 is 1.24 bits per heavy atom. The van der Waals surface area contributed by atoms with Crippen LogP contribution >= 0.6 is 0 Å². The molecule has 0 aliphatic carbocycles. The average Bonchev–Trinajstić information content (AvgIpc) is 2.69. The zero-order chi connectivity index (χ0) is 14.8. The SMILES string of the molecule is CCCNc1nc(C)cc(N2CCC3CCC(C2)N3C)n1. The van der Waals surface area contributed by atoms with Crippen LogP contribution in [0.3, 0.4) is 0 Å². The molecule has 2 atom stereocenters. The highest BCUT2D eigenvalue weighted by Gasteiger charge is 2.35. The Bertz CT molecular complexity index is 490. The van der Waals surface area contributed by atoms with Crippen LogP contribution in [0.15, 0.2) is 6.07 Å². The molecule has 3 rings (SSSR count). The van der Waals surface area contributed by atoms with E-state index in [1.807, 2.05) is 0 Å². The van der Waals surface area contributed by atoms with Gasteiger partial charge in [-0.15, -0.1) is 0 Å². The number of aryl methyl sites for hydroxylation is 1. The number of aromatic nitrogens is 2. The Balaban J connectivity index is 1.78. The van der Waals surface area contributed by atoms with Crippen molar-refractivity contribution in [1.82, 2.24) is 14.9 Å². The Labute approximate surface area is 127 Å². The second-order valence-corrected chi connectivity index (χ2v) is 6.40. The van der Waals surface area contributed by atoms with Crippen molar-refractivity contribution in [3.05, 3.63) is 11.8 Å². The van der Waals surface area contributed by atoms with Crippen LogP contribution in [-0.4, -0.2) is 53.6 Å². The molecule has 0 spiro atoms. The van der Waals surface area contributed by atoms with Crippen molar-refractivity contribution in [3.63, 3.8) is 0 Å². The van der Waals surface area contributed by atoms with Crippen LogP contribution in [0.4, 0.5) is 11.8 Å². The third-order valence-corrected chi connectivity index (χ3v) is 4.85. The molecule has 1 aromatic heterocycles. The van der Waals surface area contributed by atoms with Gasteiger partial charge in [0.15, 0.2) is 0 Å². The lowest BCUT2D eigenvalue weighted by Crippen LogP contribution is -2.37. The van der Waals surface area contributed by atoms with E-state index in [4.69, 9.17) is 4.98 Å². The molecule has 1 N–H and O–H groups in total. The first kappa shape index (κ1) is 14.6. The third-order valence-electron chi connectivity index (χ3n) is 4.85. The Morgan fingerprint density at radius 3 is 2.86 bits per heavy atom. The Hall–Kier alpha value is -1.36. The van der Waals surface area contributed by atoms with E-state index >= 15 is 0 Å². The van der Waals surface area contributed by atoms with E-state index in [1.165, 1.54) is 19.3 Å². The second-order valence-electron chi connectivity index (χ2n) is 6.40. The van der Waals surface area contributed by atoms with Crippen LogP contribution in [0.5, 0.6) is 0 Å². The number of hydrogen-bond donors (Lipinski definition) is 1. The molecule has 2 bridgehead atoms. The van der Waals surface area contributed by atoms with Gasteiger partial charge in [-0.1, -0.05) is 6.92 Å². The fraction of sp³-hybridized carbons (Fsp3) is 0.750. The smallest absolute Gasteiger partial charge is 0.224 e. The van der Waals surface area contributed by atoms with Crippen LogP contribution in [0.1, 0.15) is 38.3 Å². The molecule has 2 saturated heterocycles. The summed E-state index contributed by atoms with van der Waals surface area (Å²) in [7, 11) is 2.28. The van der Waals surface area contributed by atoms with Gasteiger partial charge < -0.3 is 10.2 Å². The molecule has 0 aromatic carbocycles. The van der Waals surface area contributed by atoms with Gasteiger partial charge in [-0.25, -0.2) is 4.98 Å². The van der Waals surface area contributed by atoms with Crippen LogP contribution in [0.25, 0.3) is 0 Å². The van der Waals surface area contributed by atoms with Crippen molar-refractivity contribution in [3.8, 4) is 0 Å². The first-order chi connectivity index (χ1) is 10.2. The normalized spacial score (nSPS) is 26.0. The lowest BCUT2D eigenvalue weighted by molar-refractivity contribution is 0.254. The van der Waals surface area contributed by atoms with Gasteiger partial charge in [0, 0.05) is 43.5 Å². The van der Waals surface area contributed by atoms with Crippen molar-refractivity contribution in [2.24, 2.45) is 0 Å². The Morgan fingerprint density at radius 2 is 2.05 bits per heavy atom. The molecule has 116 valence electrons. The lowest BCUT2D eigenvalue weighted by atomic mass is 10.1. The maximum Gasteiger partial charge on any atom is 0.224 e. The van der Waals surface area contributed by atoms with Crippen LogP contribution in [0.2, 0.25) is 0 Å². The van der Waals surface area contributed by atoms with E-state index in [1.54, 1.807) is 0 Å². The van der Waals surface area contributed by atoms with E-state index in [-0.39, 0.29) is 0 Å². The number of hydrogen-bond acceptors (Lipinski definition) is 5. The van der Waals surface area contributed by atoms with E-state index in [2.05, 4.69) is 47.1 Å². The molecule has 5 nitrogen and oxygen atoms in total. The molecule has 2 fully saturated rings. The molecule has 2 unspecified atom stereocenters. The maximum atomic E-state index is 4.73. The minimum Gasteiger partial charge on any atom is -0.355 e. The minimum absolute atomic E-state index is 0.680. The number of fused-ring (bicyclic) bond motifs is 2. The predicted molar refractivity (Wildman–Crippen MR) is 87.0 cm³/mol. The highest BCUT2D eigenvalue weighted by atomic mass is 15.3. The maximum absolute atomic E-state index is 4.73. The van der Waals surface area contributed by atoms with Gasteiger partial charge in [0.05, 0.1) is 0 Å². The van der Waals surface area contributed by atoms with E-state index in [9.17, 15) is 0 Å². The van der Waals surface area contributed by atoms with E-state index < -0.39 is 0 Å². The number of nitrogens with one attached hydrogen (secondary N) is 1. The fourth-order valence-electron chi connectivity index (χ4n) is 3.55.